The molecule has 0 fully saturated rings. The van der Waals surface area contributed by atoms with Crippen molar-refractivity contribution in [1.82, 2.24) is 4.98 Å². The molecule has 0 N–H and O–H groups in total. The zero-order valence-corrected chi connectivity index (χ0v) is 16.5. The summed E-state index contributed by atoms with van der Waals surface area (Å²) in [5, 5.41) is 2.04. The molecule has 0 spiro atoms. The van der Waals surface area contributed by atoms with E-state index in [9.17, 15) is 9.18 Å². The van der Waals surface area contributed by atoms with Crippen LogP contribution in [0.5, 0.6) is 5.75 Å². The van der Waals surface area contributed by atoms with E-state index < -0.39 is 5.82 Å². The van der Waals surface area contributed by atoms with Crippen molar-refractivity contribution in [2.45, 2.75) is 26.2 Å². The first kappa shape index (κ1) is 20.1. The molecule has 0 unspecified atom stereocenters. The number of amides is 1. The van der Waals surface area contributed by atoms with Gasteiger partial charge in [-0.15, -0.1) is 0 Å². The smallest absolute Gasteiger partial charge is 0.264 e. The highest BCUT2D eigenvalue weighted by Crippen LogP contribution is 2.28. The second-order valence-corrected chi connectivity index (χ2v) is 6.90. The molecule has 2 aromatic carbocycles. The van der Waals surface area contributed by atoms with Crippen LogP contribution in [0.2, 0.25) is 5.02 Å². The van der Waals surface area contributed by atoms with Crippen LogP contribution in [-0.4, -0.2) is 24.0 Å². The van der Waals surface area contributed by atoms with Gasteiger partial charge in [0, 0.05) is 29.7 Å². The molecule has 0 atom stereocenters. The Morgan fingerprint density at radius 3 is 2.86 bits per heavy atom. The second-order valence-electron chi connectivity index (χ2n) is 6.49. The number of ether oxygens (including phenoxy) is 1. The molecule has 0 aliphatic heterocycles. The first-order valence-electron chi connectivity index (χ1n) is 9.31. The van der Waals surface area contributed by atoms with E-state index in [-0.39, 0.29) is 17.5 Å². The summed E-state index contributed by atoms with van der Waals surface area (Å²) in [5.41, 5.74) is 0.495. The maximum absolute atomic E-state index is 13.4. The highest BCUT2D eigenvalue weighted by molar-refractivity contribution is 6.33. The summed E-state index contributed by atoms with van der Waals surface area (Å²) < 4.78 is 19.2. The van der Waals surface area contributed by atoms with Crippen LogP contribution in [0.25, 0.3) is 10.8 Å². The van der Waals surface area contributed by atoms with Crippen molar-refractivity contribution >= 4 is 34.0 Å². The Hall–Kier alpha value is -2.66. The molecule has 28 heavy (non-hydrogen) atoms. The fourth-order valence-electron chi connectivity index (χ4n) is 3.04. The third-order valence-electron chi connectivity index (χ3n) is 4.48. The van der Waals surface area contributed by atoms with Crippen LogP contribution >= 0.6 is 11.6 Å². The van der Waals surface area contributed by atoms with Crippen molar-refractivity contribution in [1.29, 1.82) is 0 Å². The standard InChI is InChI=1S/C22H22ClFN2O2/c1-2-3-4-12-26(20-9-8-17(24)13-19(20)23)22(27)15-28-21-7-5-6-16-14-25-11-10-18(16)21/h5-11,13-14H,2-4,12,15H2,1H3. The van der Waals surface area contributed by atoms with Crippen LogP contribution in [-0.2, 0) is 4.79 Å². The molecule has 1 aromatic heterocycles. The fraction of sp³-hybridized carbons (Fsp3) is 0.273. The molecule has 3 aromatic rings. The zero-order valence-electron chi connectivity index (χ0n) is 15.7. The number of rotatable bonds is 8. The SMILES string of the molecule is CCCCCN(C(=O)COc1cccc2cnccc12)c1ccc(F)cc1Cl. The Morgan fingerprint density at radius 2 is 2.07 bits per heavy atom. The zero-order chi connectivity index (χ0) is 19.9. The van der Waals surface area contributed by atoms with Gasteiger partial charge in [0.2, 0.25) is 0 Å². The van der Waals surface area contributed by atoms with Gasteiger partial charge in [0.25, 0.3) is 5.91 Å². The molecule has 3 rings (SSSR count). The van der Waals surface area contributed by atoms with Gasteiger partial charge in [-0.1, -0.05) is 43.5 Å². The van der Waals surface area contributed by atoms with Gasteiger partial charge in [0.1, 0.15) is 11.6 Å². The number of halogens is 2. The lowest BCUT2D eigenvalue weighted by Crippen LogP contribution is -2.36. The van der Waals surface area contributed by atoms with E-state index in [1.54, 1.807) is 17.3 Å². The summed E-state index contributed by atoms with van der Waals surface area (Å²) >= 11 is 6.19. The summed E-state index contributed by atoms with van der Waals surface area (Å²) in [6.45, 7) is 2.46. The number of carbonyl (C=O) groups excluding carboxylic acids is 1. The van der Waals surface area contributed by atoms with E-state index in [0.717, 1.165) is 30.0 Å². The fourth-order valence-corrected chi connectivity index (χ4v) is 3.30. The molecule has 146 valence electrons. The summed E-state index contributed by atoms with van der Waals surface area (Å²) in [6.07, 6.45) is 6.28. The summed E-state index contributed by atoms with van der Waals surface area (Å²) in [5.74, 6) is -0.0436. The molecule has 0 saturated heterocycles. The maximum atomic E-state index is 13.4. The third-order valence-corrected chi connectivity index (χ3v) is 4.78. The molecule has 0 radical (unpaired) electrons. The Balaban J connectivity index is 1.78. The number of anilines is 1. The highest BCUT2D eigenvalue weighted by Gasteiger charge is 2.19. The number of aromatic nitrogens is 1. The quantitative estimate of drug-likeness (QED) is 0.460. The van der Waals surface area contributed by atoms with Crippen LogP contribution in [0.15, 0.2) is 54.9 Å². The largest absolute Gasteiger partial charge is 0.483 e. The van der Waals surface area contributed by atoms with Crippen molar-refractivity contribution < 1.29 is 13.9 Å². The Bertz CT molecular complexity index is 959. The number of pyridine rings is 1. The highest BCUT2D eigenvalue weighted by atomic mass is 35.5. The lowest BCUT2D eigenvalue weighted by Gasteiger charge is -2.24. The van der Waals surface area contributed by atoms with E-state index in [1.807, 2.05) is 24.3 Å². The van der Waals surface area contributed by atoms with E-state index in [4.69, 9.17) is 16.3 Å². The Kier molecular flexibility index (Phi) is 6.82. The van der Waals surface area contributed by atoms with Gasteiger partial charge < -0.3 is 9.64 Å². The topological polar surface area (TPSA) is 42.4 Å². The summed E-state index contributed by atoms with van der Waals surface area (Å²) in [4.78, 5) is 18.6. The van der Waals surface area contributed by atoms with Crippen molar-refractivity contribution in [2.24, 2.45) is 0 Å². The minimum atomic E-state index is -0.435. The van der Waals surface area contributed by atoms with Crippen molar-refractivity contribution in [3.8, 4) is 5.75 Å². The predicted octanol–water partition coefficient (Wildman–Crippen LogP) is 5.63. The number of hydrogen-bond acceptors (Lipinski definition) is 3. The van der Waals surface area contributed by atoms with Crippen molar-refractivity contribution in [3.05, 3.63) is 65.7 Å². The molecule has 0 aliphatic rings. The van der Waals surface area contributed by atoms with E-state index in [2.05, 4.69) is 11.9 Å². The predicted molar refractivity (Wildman–Crippen MR) is 111 cm³/mol. The van der Waals surface area contributed by atoms with Crippen LogP contribution < -0.4 is 9.64 Å². The molecule has 0 saturated carbocycles. The van der Waals surface area contributed by atoms with Gasteiger partial charge in [-0.05, 0) is 36.8 Å². The van der Waals surface area contributed by atoms with Gasteiger partial charge in [-0.3, -0.25) is 9.78 Å². The van der Waals surface area contributed by atoms with E-state index in [0.29, 0.717) is 18.0 Å². The van der Waals surface area contributed by atoms with Crippen LogP contribution in [0.4, 0.5) is 10.1 Å². The monoisotopic (exact) mass is 400 g/mol. The van der Waals surface area contributed by atoms with Crippen molar-refractivity contribution in [2.75, 3.05) is 18.1 Å². The van der Waals surface area contributed by atoms with E-state index in [1.165, 1.54) is 18.2 Å². The van der Waals surface area contributed by atoms with E-state index >= 15 is 0 Å². The molecule has 4 nitrogen and oxygen atoms in total. The van der Waals surface area contributed by atoms with Gasteiger partial charge in [-0.2, -0.15) is 0 Å². The first-order chi connectivity index (χ1) is 13.6. The second kappa shape index (κ2) is 9.51. The number of nitrogens with zero attached hydrogens (tertiary/aromatic N) is 2. The summed E-state index contributed by atoms with van der Waals surface area (Å²) in [6, 6.07) is 11.5. The number of fused-ring (bicyclic) bond motifs is 1. The Labute approximate surface area is 168 Å². The average molecular weight is 401 g/mol. The third kappa shape index (κ3) is 4.78. The lowest BCUT2D eigenvalue weighted by atomic mass is 10.1. The molecule has 0 bridgehead atoms. The first-order valence-corrected chi connectivity index (χ1v) is 9.69. The number of carbonyl (C=O) groups is 1. The molecule has 0 aliphatic carbocycles. The molecule has 6 heteroatoms. The molecular formula is C22H22ClFN2O2. The molecular weight excluding hydrogens is 379 g/mol. The van der Waals surface area contributed by atoms with Gasteiger partial charge in [0.05, 0.1) is 10.7 Å². The van der Waals surface area contributed by atoms with Crippen LogP contribution in [0, 0.1) is 5.82 Å². The minimum Gasteiger partial charge on any atom is -0.483 e. The molecule has 1 heterocycles. The Morgan fingerprint density at radius 1 is 1.21 bits per heavy atom. The van der Waals surface area contributed by atoms with Crippen LogP contribution in [0.3, 0.4) is 0 Å². The average Bonchev–Trinajstić information content (AvgIpc) is 2.70. The lowest BCUT2D eigenvalue weighted by molar-refractivity contribution is -0.120. The minimum absolute atomic E-state index is 0.138. The van der Waals surface area contributed by atoms with Crippen molar-refractivity contribution in [3.63, 3.8) is 0 Å². The molecule has 1 amide bonds. The number of hydrogen-bond donors (Lipinski definition) is 0. The van der Waals surface area contributed by atoms with Crippen LogP contribution in [0.1, 0.15) is 26.2 Å². The normalized spacial score (nSPS) is 10.8. The van der Waals surface area contributed by atoms with Gasteiger partial charge >= 0.3 is 0 Å². The maximum Gasteiger partial charge on any atom is 0.264 e. The summed E-state index contributed by atoms with van der Waals surface area (Å²) in [7, 11) is 0. The van der Waals surface area contributed by atoms with Gasteiger partial charge in [-0.25, -0.2) is 4.39 Å². The number of unbranched alkanes of at least 4 members (excludes halogenated alkanes) is 2. The number of benzene rings is 2. The van der Waals surface area contributed by atoms with Gasteiger partial charge in [0.15, 0.2) is 6.61 Å².